The van der Waals surface area contributed by atoms with Gasteiger partial charge in [0.1, 0.15) is 10.8 Å². The molecule has 0 saturated carbocycles. The molecule has 0 atom stereocenters. The summed E-state index contributed by atoms with van der Waals surface area (Å²) in [7, 11) is 3.93. The number of carbonyl (C=O) groups is 1. The molecule has 0 aliphatic heterocycles. The number of nitrogens with zero attached hydrogens (tertiary/aromatic N) is 3. The molecule has 33 heavy (non-hydrogen) atoms. The van der Waals surface area contributed by atoms with Crippen molar-refractivity contribution in [2.45, 2.75) is 10.8 Å². The highest BCUT2D eigenvalue weighted by Crippen LogP contribution is 2.26. The number of furan rings is 1. The zero-order valence-electron chi connectivity index (χ0n) is 18.7. The molecule has 0 fully saturated rings. The van der Waals surface area contributed by atoms with Gasteiger partial charge in [0.05, 0.1) is 11.4 Å². The van der Waals surface area contributed by atoms with Crippen molar-refractivity contribution in [1.29, 1.82) is 0 Å². The lowest BCUT2D eigenvalue weighted by molar-refractivity contribution is 0.0922. The van der Waals surface area contributed by atoms with Gasteiger partial charge in [0.25, 0.3) is 5.91 Å². The molecule has 0 bridgehead atoms. The third kappa shape index (κ3) is 6.31. The molecule has 2 aromatic carbocycles. The van der Waals surface area contributed by atoms with Crippen LogP contribution in [0.3, 0.4) is 0 Å². The van der Waals surface area contributed by atoms with E-state index in [-0.39, 0.29) is 5.91 Å². The zero-order valence-corrected chi connectivity index (χ0v) is 19.5. The van der Waals surface area contributed by atoms with Crippen LogP contribution in [0.2, 0.25) is 0 Å². The number of thioether (sulfide) groups is 1. The highest BCUT2D eigenvalue weighted by atomic mass is 32.2. The van der Waals surface area contributed by atoms with Gasteiger partial charge in [-0.05, 0) is 49.5 Å². The minimum atomic E-state index is -0.199. The normalized spacial score (nSPS) is 11.0. The number of aromatic nitrogens is 2. The molecule has 4 aromatic rings. The van der Waals surface area contributed by atoms with Gasteiger partial charge in [0.15, 0.2) is 5.76 Å². The molecule has 1 N–H and O–H groups in total. The van der Waals surface area contributed by atoms with Crippen molar-refractivity contribution in [2.24, 2.45) is 0 Å². The predicted octanol–water partition coefficient (Wildman–Crippen LogP) is 4.99. The van der Waals surface area contributed by atoms with Crippen molar-refractivity contribution in [3.05, 3.63) is 90.4 Å². The third-order valence-electron chi connectivity index (χ3n) is 5.02. The summed E-state index contributed by atoms with van der Waals surface area (Å²) >= 11 is 1.52. The van der Waals surface area contributed by atoms with E-state index in [4.69, 9.17) is 4.42 Å². The van der Waals surface area contributed by atoms with Gasteiger partial charge in [-0.25, -0.2) is 0 Å². The third-order valence-corrected chi connectivity index (χ3v) is 5.96. The van der Waals surface area contributed by atoms with E-state index >= 15 is 0 Å². The van der Waals surface area contributed by atoms with Crippen LogP contribution in [0.5, 0.6) is 0 Å². The highest BCUT2D eigenvalue weighted by Gasteiger charge is 2.11. The lowest BCUT2D eigenvalue weighted by Gasteiger charge is -2.09. The number of benzene rings is 2. The second kappa shape index (κ2) is 10.9. The van der Waals surface area contributed by atoms with Gasteiger partial charge in [-0.3, -0.25) is 4.79 Å². The predicted molar refractivity (Wildman–Crippen MR) is 132 cm³/mol. The highest BCUT2D eigenvalue weighted by molar-refractivity contribution is 7.98. The Labute approximate surface area is 198 Å². The number of carbonyl (C=O) groups excluding carboxylic acids is 1. The number of likely N-dealkylation sites (N-methyl/N-ethyl adjacent to an activating group) is 1. The van der Waals surface area contributed by atoms with E-state index in [1.165, 1.54) is 22.9 Å². The first kappa shape index (κ1) is 22.8. The van der Waals surface area contributed by atoms with E-state index in [0.29, 0.717) is 18.1 Å². The molecule has 7 heteroatoms. The van der Waals surface area contributed by atoms with Gasteiger partial charge >= 0.3 is 0 Å². The molecule has 1 amide bonds. The number of hydrogen-bond acceptors (Lipinski definition) is 6. The lowest BCUT2D eigenvalue weighted by atomic mass is 10.0. The van der Waals surface area contributed by atoms with Crippen molar-refractivity contribution in [1.82, 2.24) is 20.4 Å². The Balaban J connectivity index is 1.31. The molecule has 0 aliphatic carbocycles. The van der Waals surface area contributed by atoms with Crippen LogP contribution in [-0.2, 0) is 5.75 Å². The number of rotatable bonds is 9. The first-order valence-electron chi connectivity index (χ1n) is 10.7. The van der Waals surface area contributed by atoms with Gasteiger partial charge in [-0.15, -0.1) is 10.2 Å². The van der Waals surface area contributed by atoms with Crippen LogP contribution in [-0.4, -0.2) is 48.2 Å². The van der Waals surface area contributed by atoms with E-state index in [1.807, 2.05) is 55.4 Å². The summed E-state index contributed by atoms with van der Waals surface area (Å²) in [6, 6.07) is 26.1. The summed E-state index contributed by atoms with van der Waals surface area (Å²) in [5.41, 5.74) is 4.21. The molecule has 168 valence electrons. The van der Waals surface area contributed by atoms with Crippen LogP contribution < -0.4 is 5.32 Å². The molecule has 0 spiro atoms. The molecule has 2 heterocycles. The Hall–Kier alpha value is -3.42. The summed E-state index contributed by atoms with van der Waals surface area (Å²) in [5.74, 6) is 1.42. The molecule has 4 rings (SSSR count). The average molecular weight is 459 g/mol. The summed E-state index contributed by atoms with van der Waals surface area (Å²) in [4.78, 5) is 14.1. The summed E-state index contributed by atoms with van der Waals surface area (Å²) in [5, 5.41) is 12.4. The van der Waals surface area contributed by atoms with Crippen molar-refractivity contribution in [3.63, 3.8) is 0 Å². The van der Waals surface area contributed by atoms with Crippen LogP contribution in [0.4, 0.5) is 0 Å². The molecular formula is C26H26N4O2S. The minimum absolute atomic E-state index is 0.199. The molecule has 6 nitrogen and oxygen atoms in total. The monoisotopic (exact) mass is 458 g/mol. The fourth-order valence-electron chi connectivity index (χ4n) is 3.22. The van der Waals surface area contributed by atoms with Crippen LogP contribution >= 0.6 is 11.8 Å². The maximum Gasteiger partial charge on any atom is 0.287 e. The van der Waals surface area contributed by atoms with Gasteiger partial charge in [0.2, 0.25) is 0 Å². The minimum Gasteiger partial charge on any atom is -0.455 e. The zero-order chi connectivity index (χ0) is 23.0. The van der Waals surface area contributed by atoms with E-state index in [0.717, 1.165) is 28.6 Å². The Kier molecular flexibility index (Phi) is 7.55. The average Bonchev–Trinajstić information content (AvgIpc) is 3.33. The Morgan fingerprint density at radius 3 is 2.30 bits per heavy atom. The second-order valence-electron chi connectivity index (χ2n) is 7.81. The maximum atomic E-state index is 12.1. The Bertz CT molecular complexity index is 1170. The summed E-state index contributed by atoms with van der Waals surface area (Å²) < 4.78 is 5.67. The molecule has 0 radical (unpaired) electrons. The van der Waals surface area contributed by atoms with Gasteiger partial charge < -0.3 is 14.6 Å². The maximum absolute atomic E-state index is 12.1. The van der Waals surface area contributed by atoms with Crippen molar-refractivity contribution < 1.29 is 9.21 Å². The smallest absolute Gasteiger partial charge is 0.287 e. The van der Waals surface area contributed by atoms with Crippen LogP contribution in [0.25, 0.3) is 22.4 Å². The summed E-state index contributed by atoms with van der Waals surface area (Å²) in [6.07, 6.45) is 0. The van der Waals surface area contributed by atoms with Gasteiger partial charge in [-0.2, -0.15) is 0 Å². The second-order valence-corrected chi connectivity index (χ2v) is 8.81. The number of hydrogen-bond donors (Lipinski definition) is 1. The Morgan fingerprint density at radius 2 is 1.61 bits per heavy atom. The fourth-order valence-corrected chi connectivity index (χ4v) is 3.93. The SMILES string of the molecule is CN(C)CCNC(=O)c1ccc(CSc2ccc(-c3ccc(-c4ccccc4)cc3)nn2)o1. The van der Waals surface area contributed by atoms with Crippen LogP contribution in [0, 0.1) is 0 Å². The van der Waals surface area contributed by atoms with Gasteiger partial charge in [0, 0.05) is 18.7 Å². The van der Waals surface area contributed by atoms with Crippen molar-refractivity contribution >= 4 is 17.7 Å². The first-order chi connectivity index (χ1) is 16.1. The molecule has 0 unspecified atom stereocenters. The number of amides is 1. The summed E-state index contributed by atoms with van der Waals surface area (Å²) in [6.45, 7) is 1.36. The van der Waals surface area contributed by atoms with E-state index in [9.17, 15) is 4.79 Å². The standard InChI is InChI=1S/C26H26N4O2S/c1-30(2)17-16-27-26(31)24-14-12-22(32-24)18-33-25-15-13-23(28-29-25)21-10-8-20(9-11-21)19-6-4-3-5-7-19/h3-15H,16-18H2,1-2H3,(H,27,31). The van der Waals surface area contributed by atoms with E-state index in [2.05, 4.69) is 51.9 Å². The van der Waals surface area contributed by atoms with Gasteiger partial charge in [-0.1, -0.05) is 66.4 Å². The van der Waals surface area contributed by atoms with Crippen LogP contribution in [0.15, 0.2) is 88.3 Å². The van der Waals surface area contributed by atoms with E-state index < -0.39 is 0 Å². The lowest BCUT2D eigenvalue weighted by Crippen LogP contribution is -2.31. The Morgan fingerprint density at radius 1 is 0.879 bits per heavy atom. The largest absolute Gasteiger partial charge is 0.455 e. The molecule has 0 aliphatic rings. The molecule has 0 saturated heterocycles. The van der Waals surface area contributed by atoms with Crippen molar-refractivity contribution in [3.8, 4) is 22.4 Å². The number of nitrogens with one attached hydrogen (secondary N) is 1. The topological polar surface area (TPSA) is 71.3 Å². The molecular weight excluding hydrogens is 432 g/mol. The molecule has 2 aromatic heterocycles. The van der Waals surface area contributed by atoms with Crippen molar-refractivity contribution in [2.75, 3.05) is 27.2 Å². The fraction of sp³-hybridized carbons (Fsp3) is 0.192. The van der Waals surface area contributed by atoms with Crippen LogP contribution in [0.1, 0.15) is 16.3 Å². The quantitative estimate of drug-likeness (QED) is 0.357. The van der Waals surface area contributed by atoms with E-state index in [1.54, 1.807) is 6.07 Å². The first-order valence-corrected chi connectivity index (χ1v) is 11.7.